The zero-order valence-electron chi connectivity index (χ0n) is 33.7. The predicted molar refractivity (Wildman–Crippen MR) is 216 cm³/mol. The summed E-state index contributed by atoms with van der Waals surface area (Å²) >= 11 is 0. The Kier molecular flexibility index (Phi) is 31.1. The molecule has 0 radical (unpaired) electrons. The minimum atomic E-state index is -5.02. The highest BCUT2D eigenvalue weighted by Gasteiger charge is 2.51. The van der Waals surface area contributed by atoms with E-state index in [2.05, 4.69) is 62.5 Å². The molecule has 12 nitrogen and oxygen atoms in total. The van der Waals surface area contributed by atoms with E-state index in [0.29, 0.717) is 13.0 Å². The summed E-state index contributed by atoms with van der Waals surface area (Å²) in [6.45, 7) is 4.09. The minimum Gasteiger partial charge on any atom is -0.457 e. The van der Waals surface area contributed by atoms with Crippen LogP contribution in [0.4, 0.5) is 0 Å². The van der Waals surface area contributed by atoms with Gasteiger partial charge in [-0.3, -0.25) is 13.8 Å². The van der Waals surface area contributed by atoms with Gasteiger partial charge in [0.05, 0.1) is 13.2 Å². The topological polar surface area (TPSA) is 192 Å². The van der Waals surface area contributed by atoms with Gasteiger partial charge in [-0.25, -0.2) is 4.57 Å². The smallest absolute Gasteiger partial charge is 0.457 e. The van der Waals surface area contributed by atoms with E-state index in [1.54, 1.807) is 0 Å². The van der Waals surface area contributed by atoms with Crippen molar-refractivity contribution in [1.82, 2.24) is 0 Å². The zero-order chi connectivity index (χ0) is 40.6. The number of ether oxygens (including phenoxy) is 2. The first kappa shape index (κ1) is 51.3. The molecule has 0 aromatic rings. The van der Waals surface area contributed by atoms with Crippen molar-refractivity contribution in [3.05, 3.63) is 48.6 Å². The van der Waals surface area contributed by atoms with Gasteiger partial charge in [0, 0.05) is 13.0 Å². The first-order valence-electron chi connectivity index (χ1n) is 21.0. The molecule has 1 fully saturated rings. The normalized spacial score (nSPS) is 23.7. The standard InChI is InChI=1S/C42H75O12P/c1-3-5-7-9-11-13-15-17-19-21-23-25-27-29-31-36(43)53-35(33-51-32-30-28-26-24-22-20-18-16-14-12-10-8-6-4-2)34-52-55(49,50)54-42-40(47)38(45)37(44)39(46)41(42)48/h8-11,14-17,35,37-42,44-48H,3-7,12-13,18-34H2,1-2H3,(H,49,50)/b10-8-,11-9-,16-14-,17-15-. The van der Waals surface area contributed by atoms with Crippen molar-refractivity contribution in [2.75, 3.05) is 19.8 Å². The quantitative estimate of drug-likeness (QED) is 0.0161. The Morgan fingerprint density at radius 2 is 1.05 bits per heavy atom. The van der Waals surface area contributed by atoms with E-state index in [1.165, 1.54) is 19.3 Å². The van der Waals surface area contributed by atoms with Crippen LogP contribution in [0, 0.1) is 0 Å². The summed E-state index contributed by atoms with van der Waals surface area (Å²) in [7, 11) is -5.02. The summed E-state index contributed by atoms with van der Waals surface area (Å²) in [5.74, 6) is -0.498. The second-order valence-electron chi connectivity index (χ2n) is 14.5. The Balaban J connectivity index is 2.47. The van der Waals surface area contributed by atoms with Crippen molar-refractivity contribution in [3.63, 3.8) is 0 Å². The fraction of sp³-hybridized carbons (Fsp3) is 0.786. The second kappa shape index (κ2) is 33.3. The van der Waals surface area contributed by atoms with Crippen molar-refractivity contribution in [3.8, 4) is 0 Å². The first-order valence-corrected chi connectivity index (χ1v) is 22.5. The number of unbranched alkanes of at least 4 members (excludes halogenated alkanes) is 14. The monoisotopic (exact) mass is 802 g/mol. The van der Waals surface area contributed by atoms with E-state index in [4.69, 9.17) is 18.5 Å². The summed E-state index contributed by atoms with van der Waals surface area (Å²) in [5, 5.41) is 50.0. The molecular formula is C42H75O12P. The molecule has 0 spiro atoms. The molecule has 0 aliphatic heterocycles. The summed E-state index contributed by atoms with van der Waals surface area (Å²) in [4.78, 5) is 23.1. The van der Waals surface area contributed by atoms with Crippen molar-refractivity contribution < 1.29 is 58.3 Å². The molecule has 0 saturated heterocycles. The highest BCUT2D eigenvalue weighted by Crippen LogP contribution is 2.47. The van der Waals surface area contributed by atoms with Gasteiger partial charge in [0.15, 0.2) is 0 Å². The number of aliphatic hydroxyl groups is 5. The van der Waals surface area contributed by atoms with Crippen LogP contribution in [0.3, 0.4) is 0 Å². The van der Waals surface area contributed by atoms with Gasteiger partial charge in [-0.15, -0.1) is 0 Å². The maximum absolute atomic E-state index is 12.8. The van der Waals surface area contributed by atoms with E-state index in [-0.39, 0.29) is 13.0 Å². The van der Waals surface area contributed by atoms with E-state index in [1.807, 2.05) is 0 Å². The molecule has 1 aliphatic rings. The van der Waals surface area contributed by atoms with E-state index < -0.39 is 63.1 Å². The SMILES string of the molecule is CCC/C=C\C/C=C\CCCCCCCCOCC(COP(=O)(O)OC1C(O)C(O)C(O)C(O)C1O)OC(=O)CCCCCCC/C=C\C/C=C\CCCC. The number of esters is 1. The number of rotatable bonds is 34. The Labute approximate surface area is 331 Å². The Morgan fingerprint density at radius 3 is 1.60 bits per heavy atom. The van der Waals surface area contributed by atoms with Crippen LogP contribution in [0.2, 0.25) is 0 Å². The Morgan fingerprint density at radius 1 is 0.582 bits per heavy atom. The molecule has 1 rings (SSSR count). The largest absolute Gasteiger partial charge is 0.472 e. The number of hydrogen-bond acceptors (Lipinski definition) is 11. The molecule has 0 heterocycles. The van der Waals surface area contributed by atoms with E-state index >= 15 is 0 Å². The summed E-state index contributed by atoms with van der Waals surface area (Å²) in [6.07, 6.45) is 26.1. The maximum Gasteiger partial charge on any atom is 0.472 e. The number of carbonyl (C=O) groups excluding carboxylic acids is 1. The molecule has 0 aromatic carbocycles. The first-order chi connectivity index (χ1) is 26.5. The maximum atomic E-state index is 12.8. The van der Waals surface area contributed by atoms with Crippen LogP contribution in [0.15, 0.2) is 48.6 Å². The third kappa shape index (κ3) is 26.0. The minimum absolute atomic E-state index is 0.0912. The number of hydrogen-bond donors (Lipinski definition) is 6. The number of aliphatic hydroxyl groups excluding tert-OH is 5. The molecule has 0 bridgehead atoms. The summed E-state index contributed by atoms with van der Waals surface area (Å²) in [5.41, 5.74) is 0. The fourth-order valence-corrected chi connectivity index (χ4v) is 6.97. The van der Waals surface area contributed by atoms with Gasteiger partial charge in [0.1, 0.15) is 42.7 Å². The highest BCUT2D eigenvalue weighted by atomic mass is 31.2. The molecule has 6 atom stereocenters. The third-order valence-electron chi connectivity index (χ3n) is 9.41. The van der Waals surface area contributed by atoms with Crippen LogP contribution in [0.1, 0.15) is 149 Å². The van der Waals surface area contributed by atoms with Crippen LogP contribution in [0.5, 0.6) is 0 Å². The highest BCUT2D eigenvalue weighted by molar-refractivity contribution is 7.47. The molecule has 55 heavy (non-hydrogen) atoms. The molecule has 0 amide bonds. The van der Waals surface area contributed by atoms with Gasteiger partial charge in [-0.05, 0) is 64.2 Å². The average Bonchev–Trinajstić information content (AvgIpc) is 3.17. The molecular weight excluding hydrogens is 727 g/mol. The van der Waals surface area contributed by atoms with Crippen molar-refractivity contribution in [2.24, 2.45) is 0 Å². The summed E-state index contributed by atoms with van der Waals surface area (Å²) in [6, 6.07) is 0. The number of carbonyl (C=O) groups is 1. The molecule has 6 unspecified atom stereocenters. The lowest BCUT2D eigenvalue weighted by Crippen LogP contribution is -2.64. The Hall–Kier alpha value is -1.70. The third-order valence-corrected chi connectivity index (χ3v) is 10.4. The van der Waals surface area contributed by atoms with Gasteiger partial charge < -0.3 is 39.9 Å². The summed E-state index contributed by atoms with van der Waals surface area (Å²) < 4.78 is 34.0. The molecule has 0 aromatic heterocycles. The van der Waals surface area contributed by atoms with Crippen molar-refractivity contribution in [2.45, 2.75) is 191 Å². The lowest BCUT2D eigenvalue weighted by atomic mass is 9.85. The van der Waals surface area contributed by atoms with Gasteiger partial charge in [0.25, 0.3) is 0 Å². The van der Waals surface area contributed by atoms with Crippen LogP contribution in [0.25, 0.3) is 0 Å². The van der Waals surface area contributed by atoms with Crippen molar-refractivity contribution >= 4 is 13.8 Å². The van der Waals surface area contributed by atoms with Crippen LogP contribution >= 0.6 is 7.82 Å². The van der Waals surface area contributed by atoms with Gasteiger partial charge in [-0.2, -0.15) is 0 Å². The fourth-order valence-electron chi connectivity index (χ4n) is 6.00. The van der Waals surface area contributed by atoms with Crippen molar-refractivity contribution in [1.29, 1.82) is 0 Å². The van der Waals surface area contributed by atoms with E-state index in [0.717, 1.165) is 103 Å². The zero-order valence-corrected chi connectivity index (χ0v) is 34.6. The lowest BCUT2D eigenvalue weighted by molar-refractivity contribution is -0.220. The molecule has 6 N–H and O–H groups in total. The second-order valence-corrected chi connectivity index (χ2v) is 15.9. The van der Waals surface area contributed by atoms with Crippen LogP contribution in [-0.4, -0.2) is 98.9 Å². The van der Waals surface area contributed by atoms with E-state index in [9.17, 15) is 39.8 Å². The molecule has 1 aliphatic carbocycles. The average molecular weight is 803 g/mol. The predicted octanol–water partition coefficient (Wildman–Crippen LogP) is 7.69. The lowest BCUT2D eigenvalue weighted by Gasteiger charge is -2.41. The van der Waals surface area contributed by atoms with Gasteiger partial charge >= 0.3 is 13.8 Å². The van der Waals surface area contributed by atoms with Crippen LogP contribution < -0.4 is 0 Å². The number of allylic oxidation sites excluding steroid dienone is 8. The molecule has 13 heteroatoms. The Bertz CT molecular complexity index is 1100. The molecule has 320 valence electrons. The van der Waals surface area contributed by atoms with Gasteiger partial charge in [0.2, 0.25) is 0 Å². The number of phosphoric acid groups is 1. The van der Waals surface area contributed by atoms with Gasteiger partial charge in [-0.1, -0.05) is 127 Å². The van der Waals surface area contributed by atoms with Crippen LogP contribution in [-0.2, 0) is 27.9 Å². The number of phosphoric ester groups is 1. The molecule has 1 saturated carbocycles.